The van der Waals surface area contributed by atoms with Crippen molar-refractivity contribution in [2.45, 2.75) is 19.9 Å². The number of aromatic hydroxyl groups is 1. The van der Waals surface area contributed by atoms with E-state index in [1.807, 2.05) is 10.8 Å². The standard InChI is InChI=1S/C22H21N3O4S/c1-13-4-3-5-17(26)19(13)23-20(27)18-16-6-8-25(21(28)14-7-9-30-12-14)11-15(16)10-24(2)22(18)29/h3-5,7,9-10,12,26H,6,8,11H2,1-2H3,(H,23,27). The van der Waals surface area contributed by atoms with E-state index in [1.54, 1.807) is 43.3 Å². The lowest BCUT2D eigenvalue weighted by Crippen LogP contribution is -2.40. The molecule has 8 heteroatoms. The van der Waals surface area contributed by atoms with Crippen molar-refractivity contribution in [3.05, 3.63) is 79.4 Å². The van der Waals surface area contributed by atoms with E-state index in [0.29, 0.717) is 36.2 Å². The number of nitrogens with one attached hydrogen (secondary N) is 1. The van der Waals surface area contributed by atoms with Crippen LogP contribution < -0.4 is 10.9 Å². The van der Waals surface area contributed by atoms with Gasteiger partial charge in [0.05, 0.1) is 11.3 Å². The Bertz CT molecular complexity index is 1180. The van der Waals surface area contributed by atoms with Gasteiger partial charge in [-0.15, -0.1) is 0 Å². The van der Waals surface area contributed by atoms with Crippen LogP contribution in [0.4, 0.5) is 5.69 Å². The minimum atomic E-state index is -0.560. The molecule has 2 amide bonds. The summed E-state index contributed by atoms with van der Waals surface area (Å²) in [6.07, 6.45) is 2.09. The number of para-hydroxylation sites is 1. The topological polar surface area (TPSA) is 91.6 Å². The second-order valence-corrected chi connectivity index (χ2v) is 8.12. The molecule has 2 N–H and O–H groups in total. The van der Waals surface area contributed by atoms with E-state index < -0.39 is 11.5 Å². The molecule has 0 fully saturated rings. The lowest BCUT2D eigenvalue weighted by atomic mass is 9.95. The number of rotatable bonds is 3. The quantitative estimate of drug-likeness (QED) is 0.634. The summed E-state index contributed by atoms with van der Waals surface area (Å²) in [6.45, 7) is 2.51. The second-order valence-electron chi connectivity index (χ2n) is 7.34. The fourth-order valence-corrected chi connectivity index (χ4v) is 4.39. The number of phenolic OH excluding ortho intramolecular Hbond substituents is 1. The molecular formula is C22H21N3O4S. The molecule has 0 saturated carbocycles. The molecular weight excluding hydrogens is 402 g/mol. The minimum absolute atomic E-state index is 0.0558. The van der Waals surface area contributed by atoms with Gasteiger partial charge in [0, 0.05) is 31.7 Å². The third kappa shape index (κ3) is 3.50. The maximum absolute atomic E-state index is 13.1. The molecule has 1 aliphatic heterocycles. The Morgan fingerprint density at radius 2 is 2.03 bits per heavy atom. The fraction of sp³-hybridized carbons (Fsp3) is 0.227. The van der Waals surface area contributed by atoms with Crippen molar-refractivity contribution in [1.29, 1.82) is 0 Å². The number of carbonyl (C=O) groups excluding carboxylic acids is 2. The van der Waals surface area contributed by atoms with E-state index in [4.69, 9.17) is 0 Å². The number of aromatic nitrogens is 1. The van der Waals surface area contributed by atoms with Crippen LogP contribution in [0.15, 0.2) is 46.0 Å². The number of nitrogens with zero attached hydrogens (tertiary/aromatic N) is 2. The molecule has 0 aliphatic carbocycles. The zero-order valence-electron chi connectivity index (χ0n) is 16.6. The minimum Gasteiger partial charge on any atom is -0.506 e. The molecule has 0 saturated heterocycles. The molecule has 0 bridgehead atoms. The fourth-order valence-electron chi connectivity index (χ4n) is 3.76. The molecule has 30 heavy (non-hydrogen) atoms. The van der Waals surface area contributed by atoms with E-state index in [9.17, 15) is 19.5 Å². The summed E-state index contributed by atoms with van der Waals surface area (Å²) in [6, 6.07) is 6.72. The Morgan fingerprint density at radius 3 is 2.73 bits per heavy atom. The molecule has 1 aliphatic rings. The SMILES string of the molecule is Cc1cccc(O)c1NC(=O)c1c2c(cn(C)c1=O)CN(C(=O)c1ccsc1)CC2. The van der Waals surface area contributed by atoms with E-state index in [2.05, 4.69) is 5.32 Å². The van der Waals surface area contributed by atoms with E-state index >= 15 is 0 Å². The summed E-state index contributed by atoms with van der Waals surface area (Å²) >= 11 is 1.47. The molecule has 0 unspecified atom stereocenters. The average Bonchev–Trinajstić information content (AvgIpc) is 3.25. The zero-order valence-corrected chi connectivity index (χ0v) is 17.5. The molecule has 7 nitrogen and oxygen atoms in total. The van der Waals surface area contributed by atoms with Crippen molar-refractivity contribution in [2.24, 2.45) is 7.05 Å². The molecule has 3 heterocycles. The van der Waals surface area contributed by atoms with Gasteiger partial charge < -0.3 is 19.9 Å². The van der Waals surface area contributed by atoms with Crippen LogP contribution in [0, 0.1) is 6.92 Å². The first-order chi connectivity index (χ1) is 14.4. The van der Waals surface area contributed by atoms with Crippen LogP contribution in [0.3, 0.4) is 0 Å². The maximum Gasteiger partial charge on any atom is 0.263 e. The summed E-state index contributed by atoms with van der Waals surface area (Å²) in [5.74, 6) is -0.682. The highest BCUT2D eigenvalue weighted by molar-refractivity contribution is 7.08. The number of thiophene rings is 1. The van der Waals surface area contributed by atoms with Crippen molar-refractivity contribution in [1.82, 2.24) is 9.47 Å². The number of aryl methyl sites for hydroxylation is 2. The van der Waals surface area contributed by atoms with Gasteiger partial charge in [-0.05, 0) is 47.5 Å². The van der Waals surface area contributed by atoms with Crippen LogP contribution >= 0.6 is 11.3 Å². The number of pyridine rings is 1. The highest BCUT2D eigenvalue weighted by atomic mass is 32.1. The Labute approximate surface area is 177 Å². The van der Waals surface area contributed by atoms with Crippen LogP contribution in [-0.2, 0) is 20.0 Å². The Kier molecular flexibility index (Phi) is 5.17. The van der Waals surface area contributed by atoms with Crippen LogP contribution in [-0.4, -0.2) is 32.9 Å². The number of benzene rings is 1. The first-order valence-corrected chi connectivity index (χ1v) is 10.4. The monoisotopic (exact) mass is 423 g/mol. The van der Waals surface area contributed by atoms with Gasteiger partial charge in [0.15, 0.2) is 0 Å². The second kappa shape index (κ2) is 7.79. The number of hydrogen-bond acceptors (Lipinski definition) is 5. The van der Waals surface area contributed by atoms with Crippen LogP contribution in [0.1, 0.15) is 37.4 Å². The highest BCUT2D eigenvalue weighted by Gasteiger charge is 2.28. The van der Waals surface area contributed by atoms with E-state index in [-0.39, 0.29) is 22.9 Å². The third-order valence-electron chi connectivity index (χ3n) is 5.34. The van der Waals surface area contributed by atoms with Gasteiger partial charge in [0.2, 0.25) is 0 Å². The van der Waals surface area contributed by atoms with Crippen LogP contribution in [0.5, 0.6) is 5.75 Å². The van der Waals surface area contributed by atoms with Gasteiger partial charge in [0.1, 0.15) is 11.3 Å². The largest absolute Gasteiger partial charge is 0.506 e. The molecule has 2 aromatic heterocycles. The Balaban J connectivity index is 1.68. The predicted octanol–water partition coefficient (Wildman–Crippen LogP) is 2.91. The summed E-state index contributed by atoms with van der Waals surface area (Å²) in [4.78, 5) is 40.3. The van der Waals surface area contributed by atoms with Gasteiger partial charge in [0.25, 0.3) is 17.4 Å². The van der Waals surface area contributed by atoms with E-state index in [1.165, 1.54) is 22.0 Å². The highest BCUT2D eigenvalue weighted by Crippen LogP contribution is 2.28. The van der Waals surface area contributed by atoms with Crippen molar-refractivity contribution < 1.29 is 14.7 Å². The summed E-state index contributed by atoms with van der Waals surface area (Å²) in [5, 5.41) is 16.5. The van der Waals surface area contributed by atoms with Gasteiger partial charge in [-0.1, -0.05) is 12.1 Å². The van der Waals surface area contributed by atoms with Crippen molar-refractivity contribution >= 4 is 28.8 Å². The predicted molar refractivity (Wildman–Crippen MR) is 115 cm³/mol. The number of carbonyl (C=O) groups is 2. The Hall–Kier alpha value is -3.39. The van der Waals surface area contributed by atoms with Gasteiger partial charge >= 0.3 is 0 Å². The van der Waals surface area contributed by atoms with Gasteiger partial charge in [-0.3, -0.25) is 14.4 Å². The zero-order chi connectivity index (χ0) is 21.4. The number of fused-ring (bicyclic) bond motifs is 1. The van der Waals surface area contributed by atoms with Crippen LogP contribution in [0.2, 0.25) is 0 Å². The summed E-state index contributed by atoms with van der Waals surface area (Å²) in [7, 11) is 1.59. The van der Waals surface area contributed by atoms with Crippen molar-refractivity contribution in [3.8, 4) is 5.75 Å². The Morgan fingerprint density at radius 1 is 1.23 bits per heavy atom. The normalized spacial score (nSPS) is 13.1. The number of phenols is 1. The molecule has 0 atom stereocenters. The third-order valence-corrected chi connectivity index (χ3v) is 6.02. The molecule has 4 rings (SSSR count). The van der Waals surface area contributed by atoms with Gasteiger partial charge in [-0.2, -0.15) is 11.3 Å². The molecule has 154 valence electrons. The first-order valence-electron chi connectivity index (χ1n) is 9.49. The number of hydrogen-bond donors (Lipinski definition) is 2. The number of amides is 2. The molecule has 0 radical (unpaired) electrons. The smallest absolute Gasteiger partial charge is 0.263 e. The molecule has 0 spiro atoms. The van der Waals surface area contributed by atoms with Gasteiger partial charge in [-0.25, -0.2) is 0 Å². The first kappa shape index (κ1) is 19.9. The number of anilines is 1. The summed E-state index contributed by atoms with van der Waals surface area (Å²) in [5.41, 5.74) is 2.69. The summed E-state index contributed by atoms with van der Waals surface area (Å²) < 4.78 is 1.37. The lowest BCUT2D eigenvalue weighted by molar-refractivity contribution is 0.0734. The van der Waals surface area contributed by atoms with Crippen molar-refractivity contribution in [2.75, 3.05) is 11.9 Å². The molecule has 3 aromatic rings. The van der Waals surface area contributed by atoms with E-state index in [0.717, 1.165) is 5.56 Å². The lowest BCUT2D eigenvalue weighted by Gasteiger charge is -2.30. The van der Waals surface area contributed by atoms with Crippen molar-refractivity contribution in [3.63, 3.8) is 0 Å². The average molecular weight is 423 g/mol. The maximum atomic E-state index is 13.1. The molecule has 1 aromatic carbocycles. The van der Waals surface area contributed by atoms with Crippen LogP contribution in [0.25, 0.3) is 0 Å².